The molecule has 31 heavy (non-hydrogen) atoms. The molecule has 5 rings (SSSR count). The number of H-pyrrole nitrogens is 2. The Morgan fingerprint density at radius 3 is 2.42 bits per heavy atom. The number of nitrogens with one attached hydrogen (secondary N) is 2. The van der Waals surface area contributed by atoms with Crippen molar-refractivity contribution in [2.24, 2.45) is 0 Å². The van der Waals surface area contributed by atoms with Gasteiger partial charge in [0.05, 0.1) is 22.9 Å². The topological polar surface area (TPSA) is 61.5 Å². The molecular weight excluding hydrogens is 433 g/mol. The average molecular weight is 448 g/mol. The highest BCUT2D eigenvalue weighted by Gasteiger charge is 2.14. The molecule has 5 aromatic rings. The van der Waals surface area contributed by atoms with Gasteiger partial charge in [-0.25, -0.2) is 9.37 Å². The van der Waals surface area contributed by atoms with Crippen molar-refractivity contribution in [1.29, 1.82) is 0 Å². The van der Waals surface area contributed by atoms with Gasteiger partial charge < -0.3 is 9.97 Å². The van der Waals surface area contributed by atoms with E-state index in [1.807, 2.05) is 42.5 Å². The second kappa shape index (κ2) is 8.06. The highest BCUT2D eigenvalue weighted by molar-refractivity contribution is 7.99. The van der Waals surface area contributed by atoms with E-state index in [4.69, 9.17) is 11.6 Å². The van der Waals surface area contributed by atoms with Crippen molar-refractivity contribution in [3.05, 3.63) is 100 Å². The first-order chi connectivity index (χ1) is 15.1. The van der Waals surface area contributed by atoms with E-state index >= 15 is 0 Å². The molecule has 3 aromatic carbocycles. The van der Waals surface area contributed by atoms with Gasteiger partial charge in [0.25, 0.3) is 5.56 Å². The summed E-state index contributed by atoms with van der Waals surface area (Å²) in [7, 11) is 0. The van der Waals surface area contributed by atoms with Crippen LogP contribution in [0.4, 0.5) is 4.39 Å². The van der Waals surface area contributed by atoms with Crippen LogP contribution >= 0.6 is 23.4 Å². The second-order valence-corrected chi connectivity index (χ2v) is 8.50. The minimum Gasteiger partial charge on any atom is -0.354 e. The van der Waals surface area contributed by atoms with Gasteiger partial charge in [-0.2, -0.15) is 0 Å². The van der Waals surface area contributed by atoms with E-state index < -0.39 is 0 Å². The van der Waals surface area contributed by atoms with Gasteiger partial charge in [-0.1, -0.05) is 29.4 Å². The van der Waals surface area contributed by atoms with E-state index in [0.29, 0.717) is 15.9 Å². The third-order valence-corrected chi connectivity index (χ3v) is 6.21. The van der Waals surface area contributed by atoms with Crippen molar-refractivity contribution in [3.63, 3.8) is 0 Å². The summed E-state index contributed by atoms with van der Waals surface area (Å²) >= 11 is 7.62. The summed E-state index contributed by atoms with van der Waals surface area (Å²) in [5.74, 6) is -0.280. The van der Waals surface area contributed by atoms with E-state index in [-0.39, 0.29) is 11.4 Å². The Morgan fingerprint density at radius 2 is 1.65 bits per heavy atom. The van der Waals surface area contributed by atoms with Gasteiger partial charge in [0.2, 0.25) is 0 Å². The molecule has 2 aromatic heterocycles. The normalized spacial score (nSPS) is 11.2. The zero-order valence-corrected chi connectivity index (χ0v) is 17.6. The smallest absolute Gasteiger partial charge is 0.258 e. The Balaban J connectivity index is 1.64. The molecule has 0 spiro atoms. The van der Waals surface area contributed by atoms with Gasteiger partial charge in [0.15, 0.2) is 0 Å². The predicted octanol–water partition coefficient (Wildman–Crippen LogP) is 6.53. The van der Waals surface area contributed by atoms with Gasteiger partial charge in [-0.15, -0.1) is 0 Å². The lowest BCUT2D eigenvalue weighted by Crippen LogP contribution is -2.05. The van der Waals surface area contributed by atoms with Crippen LogP contribution < -0.4 is 5.56 Å². The molecule has 4 nitrogen and oxygen atoms in total. The summed E-state index contributed by atoms with van der Waals surface area (Å²) in [6.07, 6.45) is 1.40. The van der Waals surface area contributed by atoms with Crippen LogP contribution in [-0.4, -0.2) is 15.0 Å². The Bertz CT molecular complexity index is 1440. The van der Waals surface area contributed by atoms with Gasteiger partial charge in [-0.05, 0) is 72.3 Å². The van der Waals surface area contributed by atoms with Crippen LogP contribution in [0.25, 0.3) is 33.4 Å². The number of benzene rings is 3. The number of hydrogen-bond donors (Lipinski definition) is 2. The number of aromatic amines is 2. The zero-order valence-electron chi connectivity index (χ0n) is 16.0. The zero-order chi connectivity index (χ0) is 21.4. The molecule has 2 heterocycles. The van der Waals surface area contributed by atoms with E-state index in [0.717, 1.165) is 32.3 Å². The Hall–Kier alpha value is -3.35. The number of nitrogens with zero attached hydrogens (tertiary/aromatic N) is 1. The van der Waals surface area contributed by atoms with Gasteiger partial charge in [0.1, 0.15) is 5.82 Å². The summed E-state index contributed by atoms with van der Waals surface area (Å²) in [6, 6.07) is 21.6. The Labute approximate surface area is 186 Å². The van der Waals surface area contributed by atoms with Crippen molar-refractivity contribution >= 4 is 34.3 Å². The molecule has 0 saturated carbocycles. The largest absolute Gasteiger partial charge is 0.354 e. The first-order valence-corrected chi connectivity index (χ1v) is 10.7. The van der Waals surface area contributed by atoms with Crippen molar-refractivity contribution in [2.45, 2.75) is 9.79 Å². The number of fused-ring (bicyclic) bond motifs is 1. The van der Waals surface area contributed by atoms with Crippen molar-refractivity contribution < 1.29 is 4.39 Å². The highest BCUT2D eigenvalue weighted by atomic mass is 35.5. The molecule has 0 atom stereocenters. The lowest BCUT2D eigenvalue weighted by molar-refractivity contribution is 0.628. The minimum absolute atomic E-state index is 0.175. The molecule has 0 radical (unpaired) electrons. The summed E-state index contributed by atoms with van der Waals surface area (Å²) < 4.78 is 13.4. The van der Waals surface area contributed by atoms with Crippen LogP contribution in [-0.2, 0) is 0 Å². The first kappa shape index (κ1) is 19.6. The van der Waals surface area contributed by atoms with Gasteiger partial charge in [-0.3, -0.25) is 4.79 Å². The van der Waals surface area contributed by atoms with Crippen LogP contribution in [0.2, 0.25) is 5.02 Å². The van der Waals surface area contributed by atoms with Crippen LogP contribution in [0.1, 0.15) is 0 Å². The molecule has 0 aliphatic carbocycles. The van der Waals surface area contributed by atoms with Gasteiger partial charge >= 0.3 is 0 Å². The van der Waals surface area contributed by atoms with Crippen LogP contribution in [0.5, 0.6) is 0 Å². The third-order valence-electron chi connectivity index (χ3n) is 4.91. The molecule has 0 amide bonds. The van der Waals surface area contributed by atoms with Crippen LogP contribution in [0.3, 0.4) is 0 Å². The SMILES string of the molecule is O=c1[nH]cnc2cc(-c3[nH]c(-c4ccc(F)cc4)cc3Sc3ccc(Cl)cc3)ccc12. The maximum atomic E-state index is 13.4. The van der Waals surface area contributed by atoms with Gasteiger partial charge in [0, 0.05) is 26.1 Å². The predicted molar refractivity (Wildman–Crippen MR) is 123 cm³/mol. The van der Waals surface area contributed by atoms with Crippen LogP contribution in [0, 0.1) is 5.82 Å². The molecule has 0 saturated heterocycles. The number of rotatable bonds is 4. The summed E-state index contributed by atoms with van der Waals surface area (Å²) in [5.41, 5.74) is 3.97. The molecule has 2 N–H and O–H groups in total. The number of aromatic nitrogens is 3. The minimum atomic E-state index is -0.280. The Kier molecular flexibility index (Phi) is 5.10. The monoisotopic (exact) mass is 447 g/mol. The first-order valence-electron chi connectivity index (χ1n) is 9.47. The maximum Gasteiger partial charge on any atom is 0.258 e. The fraction of sp³-hybridized carbons (Fsp3) is 0. The van der Waals surface area contributed by atoms with E-state index in [2.05, 4.69) is 15.0 Å². The molecule has 0 unspecified atom stereocenters. The second-order valence-electron chi connectivity index (χ2n) is 6.95. The molecule has 0 fully saturated rings. The van der Waals surface area contributed by atoms with Crippen LogP contribution in [0.15, 0.2) is 93.7 Å². The fourth-order valence-corrected chi connectivity index (χ4v) is 4.47. The highest BCUT2D eigenvalue weighted by Crippen LogP contribution is 2.39. The summed E-state index contributed by atoms with van der Waals surface area (Å²) in [6.45, 7) is 0. The summed E-state index contributed by atoms with van der Waals surface area (Å²) in [5, 5.41) is 1.21. The molecule has 0 bridgehead atoms. The maximum absolute atomic E-state index is 13.4. The molecule has 0 aliphatic heterocycles. The fourth-order valence-electron chi connectivity index (χ4n) is 3.37. The Morgan fingerprint density at radius 1 is 0.903 bits per heavy atom. The molecule has 152 valence electrons. The van der Waals surface area contributed by atoms with Crippen molar-refractivity contribution in [1.82, 2.24) is 15.0 Å². The molecule has 0 aliphatic rings. The summed E-state index contributed by atoms with van der Waals surface area (Å²) in [4.78, 5) is 24.4. The average Bonchev–Trinajstić information content (AvgIpc) is 3.19. The van der Waals surface area contributed by atoms with E-state index in [1.165, 1.54) is 18.5 Å². The quantitative estimate of drug-likeness (QED) is 0.329. The molecular formula is C24H15ClFN3OS. The van der Waals surface area contributed by atoms with Crippen molar-refractivity contribution in [2.75, 3.05) is 0 Å². The lowest BCUT2D eigenvalue weighted by Gasteiger charge is -2.06. The van der Waals surface area contributed by atoms with E-state index in [9.17, 15) is 9.18 Å². The third kappa shape index (κ3) is 4.00. The lowest BCUT2D eigenvalue weighted by atomic mass is 10.1. The number of halogens is 2. The molecule has 7 heteroatoms. The number of hydrogen-bond acceptors (Lipinski definition) is 3. The standard InChI is InChI=1S/C24H15ClFN3OS/c25-16-4-8-18(9-5-16)31-22-12-20(14-1-6-17(26)7-2-14)29-23(22)15-3-10-19-21(11-15)27-13-28-24(19)30/h1-13,29H,(H,27,28,30). The van der Waals surface area contributed by atoms with E-state index in [1.54, 1.807) is 30.0 Å². The van der Waals surface area contributed by atoms with Crippen molar-refractivity contribution in [3.8, 4) is 22.5 Å².